The number of aryl methyl sites for hydroxylation is 1. The van der Waals surface area contributed by atoms with Crippen molar-refractivity contribution in [1.82, 2.24) is 14.5 Å². The van der Waals surface area contributed by atoms with Gasteiger partial charge in [-0.3, -0.25) is 0 Å². The molecule has 2 aliphatic rings. The summed E-state index contributed by atoms with van der Waals surface area (Å²) < 4.78 is 27.6. The highest BCUT2D eigenvalue weighted by Crippen LogP contribution is 2.45. The SMILES string of the molecule is CCc1cn([C@@H]2O[C@H](CO[Si](C)(C)C(C)(C)C)[C@H]3OC(C)(C)O[C@H]32)c2nc(N)nc(Cl)c12. The number of nitrogen functional groups attached to an aromatic ring is 1. The molecule has 10 heteroatoms. The number of hydrogen-bond acceptors (Lipinski definition) is 7. The van der Waals surface area contributed by atoms with Gasteiger partial charge in [0, 0.05) is 6.20 Å². The average Bonchev–Trinajstić information content (AvgIpc) is 3.27. The summed E-state index contributed by atoms with van der Waals surface area (Å²) >= 11 is 6.44. The third kappa shape index (κ3) is 4.08. The molecule has 0 amide bonds. The highest BCUT2D eigenvalue weighted by molar-refractivity contribution is 6.74. The second-order valence-corrected chi connectivity index (χ2v) is 15.9. The molecule has 2 aliphatic heterocycles. The third-order valence-electron chi connectivity index (χ3n) is 6.92. The summed E-state index contributed by atoms with van der Waals surface area (Å²) in [5.74, 6) is -0.588. The quantitative estimate of drug-likeness (QED) is 0.488. The normalized spacial score (nSPS) is 27.9. The second kappa shape index (κ2) is 7.92. The van der Waals surface area contributed by atoms with E-state index in [1.54, 1.807) is 0 Å². The first-order chi connectivity index (χ1) is 14.7. The summed E-state index contributed by atoms with van der Waals surface area (Å²) in [6.45, 7) is 17.5. The lowest BCUT2D eigenvalue weighted by Gasteiger charge is -2.37. The van der Waals surface area contributed by atoms with Gasteiger partial charge in [0.2, 0.25) is 5.95 Å². The van der Waals surface area contributed by atoms with Gasteiger partial charge in [0.1, 0.15) is 29.1 Å². The summed E-state index contributed by atoms with van der Waals surface area (Å²) in [6.07, 6.45) is 1.52. The van der Waals surface area contributed by atoms with E-state index >= 15 is 0 Å². The van der Waals surface area contributed by atoms with Crippen LogP contribution in [0.25, 0.3) is 11.0 Å². The smallest absolute Gasteiger partial charge is 0.223 e. The van der Waals surface area contributed by atoms with Crippen LogP contribution < -0.4 is 5.73 Å². The van der Waals surface area contributed by atoms with Gasteiger partial charge in [-0.05, 0) is 44.0 Å². The summed E-state index contributed by atoms with van der Waals surface area (Å²) in [7, 11) is -1.95. The third-order valence-corrected chi connectivity index (χ3v) is 11.7. The summed E-state index contributed by atoms with van der Waals surface area (Å²) in [5.41, 5.74) is 7.60. The van der Waals surface area contributed by atoms with E-state index in [0.717, 1.165) is 17.4 Å². The largest absolute Gasteiger partial charge is 0.414 e. The lowest BCUT2D eigenvalue weighted by atomic mass is 10.1. The van der Waals surface area contributed by atoms with Gasteiger partial charge in [-0.15, -0.1) is 0 Å². The Morgan fingerprint density at radius 3 is 2.50 bits per heavy atom. The number of ether oxygens (including phenoxy) is 3. The molecule has 4 heterocycles. The monoisotopic (exact) mass is 482 g/mol. The van der Waals surface area contributed by atoms with E-state index in [4.69, 9.17) is 36.0 Å². The first-order valence-electron chi connectivity index (χ1n) is 11.2. The predicted octanol–water partition coefficient (Wildman–Crippen LogP) is 4.67. The molecule has 2 aromatic rings. The van der Waals surface area contributed by atoms with Gasteiger partial charge < -0.3 is 28.9 Å². The van der Waals surface area contributed by atoms with Gasteiger partial charge in [-0.25, -0.2) is 4.98 Å². The van der Waals surface area contributed by atoms with E-state index in [1.165, 1.54) is 0 Å². The van der Waals surface area contributed by atoms with Crippen molar-refractivity contribution in [3.05, 3.63) is 16.9 Å². The van der Waals surface area contributed by atoms with Crippen molar-refractivity contribution in [3.63, 3.8) is 0 Å². The molecule has 0 aromatic carbocycles. The molecule has 8 nitrogen and oxygen atoms in total. The molecule has 2 saturated heterocycles. The topological polar surface area (TPSA) is 93.7 Å². The molecule has 0 unspecified atom stereocenters. The zero-order valence-electron chi connectivity index (χ0n) is 20.2. The lowest BCUT2D eigenvalue weighted by molar-refractivity contribution is -0.199. The molecule has 0 radical (unpaired) electrons. The van der Waals surface area contributed by atoms with Crippen LogP contribution >= 0.6 is 11.6 Å². The van der Waals surface area contributed by atoms with Crippen molar-refractivity contribution in [2.45, 2.75) is 96.4 Å². The van der Waals surface area contributed by atoms with E-state index in [0.29, 0.717) is 17.4 Å². The summed E-state index contributed by atoms with van der Waals surface area (Å²) in [4.78, 5) is 8.63. The van der Waals surface area contributed by atoms with E-state index in [-0.39, 0.29) is 29.3 Å². The number of fused-ring (bicyclic) bond motifs is 2. The minimum Gasteiger partial charge on any atom is -0.414 e. The Kier molecular flexibility index (Phi) is 5.92. The Bertz CT molecular complexity index is 1020. The minimum atomic E-state index is -1.95. The maximum atomic E-state index is 6.53. The Morgan fingerprint density at radius 1 is 1.22 bits per heavy atom. The fourth-order valence-electron chi connectivity index (χ4n) is 4.18. The first-order valence-corrected chi connectivity index (χ1v) is 14.5. The van der Waals surface area contributed by atoms with Crippen molar-refractivity contribution < 1.29 is 18.6 Å². The van der Waals surface area contributed by atoms with Crippen LogP contribution in [-0.4, -0.2) is 53.6 Å². The highest BCUT2D eigenvalue weighted by atomic mass is 35.5. The maximum absolute atomic E-state index is 6.53. The molecule has 0 saturated carbocycles. The standard InChI is InChI=1S/C22H35ClN4O4Si/c1-9-12-10-27(18-14(12)17(23)25-20(24)26-18)19-16-15(30-22(5,6)31-16)13(29-19)11-28-32(7,8)21(2,3)4/h10,13,15-16,19H,9,11H2,1-8H3,(H2,24,25,26)/t13-,15-,16-,19-/m1/s1. The second-order valence-electron chi connectivity index (χ2n) is 10.7. The minimum absolute atomic E-state index is 0.106. The Hall–Kier alpha value is -1.23. The molecular weight excluding hydrogens is 448 g/mol. The van der Waals surface area contributed by atoms with Gasteiger partial charge in [-0.2, -0.15) is 4.98 Å². The van der Waals surface area contributed by atoms with E-state index in [1.807, 2.05) is 24.6 Å². The summed E-state index contributed by atoms with van der Waals surface area (Å²) in [5, 5.41) is 1.25. The molecule has 0 spiro atoms. The van der Waals surface area contributed by atoms with Gasteiger partial charge in [0.25, 0.3) is 0 Å². The number of rotatable bonds is 5. The highest BCUT2D eigenvalue weighted by Gasteiger charge is 2.56. The Balaban J connectivity index is 1.70. The molecule has 4 atom stereocenters. The zero-order chi connectivity index (χ0) is 23.6. The molecular formula is C22H35ClN4O4Si. The molecule has 178 valence electrons. The van der Waals surface area contributed by atoms with Gasteiger partial charge in [-0.1, -0.05) is 39.3 Å². The van der Waals surface area contributed by atoms with Crippen LogP contribution in [0.4, 0.5) is 5.95 Å². The van der Waals surface area contributed by atoms with E-state index in [2.05, 4.69) is 50.8 Å². The van der Waals surface area contributed by atoms with Gasteiger partial charge in [0.05, 0.1) is 12.0 Å². The molecule has 2 aromatic heterocycles. The zero-order valence-corrected chi connectivity index (χ0v) is 22.0. The van der Waals surface area contributed by atoms with Crippen LogP contribution in [0.2, 0.25) is 23.3 Å². The molecule has 2 fully saturated rings. The van der Waals surface area contributed by atoms with Crippen molar-refractivity contribution in [2.24, 2.45) is 0 Å². The van der Waals surface area contributed by atoms with Crippen LogP contribution in [0.5, 0.6) is 0 Å². The average molecular weight is 483 g/mol. The first kappa shape index (κ1) is 23.9. The van der Waals surface area contributed by atoms with Crippen molar-refractivity contribution in [3.8, 4) is 0 Å². The molecule has 0 bridgehead atoms. The summed E-state index contributed by atoms with van der Waals surface area (Å²) in [6, 6.07) is 0. The van der Waals surface area contributed by atoms with Crippen LogP contribution in [0, 0.1) is 0 Å². The molecule has 2 N–H and O–H groups in total. The molecule has 0 aliphatic carbocycles. The number of aromatic nitrogens is 3. The molecule has 4 rings (SSSR count). The number of nitrogens with two attached hydrogens (primary N) is 1. The number of anilines is 1. The number of hydrogen-bond donors (Lipinski definition) is 1. The predicted molar refractivity (Wildman–Crippen MR) is 127 cm³/mol. The van der Waals surface area contributed by atoms with E-state index in [9.17, 15) is 0 Å². The van der Waals surface area contributed by atoms with Crippen molar-refractivity contribution >= 4 is 36.9 Å². The molecule has 32 heavy (non-hydrogen) atoms. The number of halogens is 1. The van der Waals surface area contributed by atoms with Crippen LogP contribution in [0.1, 0.15) is 53.3 Å². The van der Waals surface area contributed by atoms with Crippen molar-refractivity contribution in [2.75, 3.05) is 12.3 Å². The van der Waals surface area contributed by atoms with Gasteiger partial charge in [0.15, 0.2) is 20.3 Å². The van der Waals surface area contributed by atoms with E-state index < -0.39 is 20.3 Å². The lowest BCUT2D eigenvalue weighted by Crippen LogP contribution is -2.44. The Morgan fingerprint density at radius 2 is 1.88 bits per heavy atom. The van der Waals surface area contributed by atoms with Crippen LogP contribution in [0.15, 0.2) is 6.20 Å². The Labute approximate surface area is 195 Å². The van der Waals surface area contributed by atoms with Crippen LogP contribution in [0.3, 0.4) is 0 Å². The van der Waals surface area contributed by atoms with Crippen LogP contribution in [-0.2, 0) is 25.1 Å². The fraction of sp³-hybridized carbons (Fsp3) is 0.727. The maximum Gasteiger partial charge on any atom is 0.223 e. The number of nitrogens with zero attached hydrogens (tertiary/aromatic N) is 3. The van der Waals surface area contributed by atoms with Gasteiger partial charge >= 0.3 is 0 Å². The van der Waals surface area contributed by atoms with Crippen molar-refractivity contribution in [1.29, 1.82) is 0 Å². The fourth-order valence-corrected chi connectivity index (χ4v) is 5.49.